The van der Waals surface area contributed by atoms with E-state index in [-0.39, 0.29) is 18.1 Å². The van der Waals surface area contributed by atoms with Gasteiger partial charge >= 0.3 is 0 Å². The van der Waals surface area contributed by atoms with Crippen LogP contribution in [0.25, 0.3) is 0 Å². The molecule has 0 fully saturated rings. The molecule has 0 aliphatic carbocycles. The van der Waals surface area contributed by atoms with Crippen molar-refractivity contribution >= 4 is 0 Å². The molecule has 1 rings (SSSR count). The average molecular weight is 221 g/mol. The summed E-state index contributed by atoms with van der Waals surface area (Å²) < 4.78 is 0. The number of rotatable bonds is 5. The van der Waals surface area contributed by atoms with Crippen LogP contribution in [0.5, 0.6) is 0 Å². The topological polar surface area (TPSA) is 32.3 Å². The van der Waals surface area contributed by atoms with Gasteiger partial charge in [0.25, 0.3) is 0 Å². The van der Waals surface area contributed by atoms with Gasteiger partial charge in [0, 0.05) is 12.6 Å². The predicted molar refractivity (Wildman–Crippen MR) is 68.5 cm³/mol. The minimum absolute atomic E-state index is 0.154. The van der Waals surface area contributed by atoms with Crippen LogP contribution in [0.1, 0.15) is 26.3 Å². The molecule has 0 saturated heterocycles. The van der Waals surface area contributed by atoms with Gasteiger partial charge in [-0.2, -0.15) is 0 Å². The van der Waals surface area contributed by atoms with Crippen molar-refractivity contribution < 1.29 is 5.11 Å². The van der Waals surface area contributed by atoms with E-state index >= 15 is 0 Å². The van der Waals surface area contributed by atoms with Crippen molar-refractivity contribution in [1.29, 1.82) is 0 Å². The fourth-order valence-electron chi connectivity index (χ4n) is 1.55. The van der Waals surface area contributed by atoms with Crippen molar-refractivity contribution in [2.75, 3.05) is 13.2 Å². The highest BCUT2D eigenvalue weighted by atomic mass is 16.3. The van der Waals surface area contributed by atoms with Crippen LogP contribution in [0.2, 0.25) is 0 Å². The molecule has 1 aromatic rings. The lowest BCUT2D eigenvalue weighted by molar-refractivity contribution is 0.227. The molecule has 0 aromatic heterocycles. The van der Waals surface area contributed by atoms with Gasteiger partial charge in [-0.1, -0.05) is 51.1 Å². The van der Waals surface area contributed by atoms with E-state index < -0.39 is 0 Å². The molecule has 0 spiro atoms. The molecule has 0 aliphatic heterocycles. The summed E-state index contributed by atoms with van der Waals surface area (Å²) in [6.07, 6.45) is 0.882. The van der Waals surface area contributed by atoms with E-state index in [0.29, 0.717) is 0 Å². The first-order chi connectivity index (χ1) is 7.51. The van der Waals surface area contributed by atoms with Gasteiger partial charge < -0.3 is 10.4 Å². The number of hydrogen-bond acceptors (Lipinski definition) is 2. The molecule has 0 saturated carbocycles. The van der Waals surface area contributed by atoms with Crippen molar-refractivity contribution in [2.24, 2.45) is 5.41 Å². The number of aliphatic hydroxyl groups is 1. The maximum absolute atomic E-state index is 9.32. The molecule has 0 radical (unpaired) electrons. The number of hydrogen-bond donors (Lipinski definition) is 2. The fourth-order valence-corrected chi connectivity index (χ4v) is 1.55. The number of benzene rings is 1. The lowest BCUT2D eigenvalue weighted by Crippen LogP contribution is -2.39. The monoisotopic (exact) mass is 221 g/mol. The largest absolute Gasteiger partial charge is 0.395 e. The summed E-state index contributed by atoms with van der Waals surface area (Å²) in [4.78, 5) is 0. The third-order valence-electron chi connectivity index (χ3n) is 2.47. The van der Waals surface area contributed by atoms with E-state index in [1.807, 2.05) is 18.2 Å². The van der Waals surface area contributed by atoms with Gasteiger partial charge in [-0.3, -0.25) is 0 Å². The first kappa shape index (κ1) is 13.2. The van der Waals surface area contributed by atoms with E-state index in [4.69, 9.17) is 0 Å². The predicted octanol–water partition coefficient (Wildman–Crippen LogP) is 2.23. The molecule has 2 heteroatoms. The zero-order valence-electron chi connectivity index (χ0n) is 10.5. The van der Waals surface area contributed by atoms with Crippen molar-refractivity contribution in [2.45, 2.75) is 33.2 Å². The van der Waals surface area contributed by atoms with Crippen LogP contribution < -0.4 is 5.32 Å². The third-order valence-corrected chi connectivity index (χ3v) is 2.47. The molecular weight excluding hydrogens is 198 g/mol. The highest BCUT2D eigenvalue weighted by molar-refractivity contribution is 5.15. The Kier molecular flexibility index (Phi) is 4.97. The van der Waals surface area contributed by atoms with Gasteiger partial charge in [0.1, 0.15) is 0 Å². The van der Waals surface area contributed by atoms with Crippen LogP contribution >= 0.6 is 0 Å². The molecule has 1 aromatic carbocycles. The molecule has 2 nitrogen and oxygen atoms in total. The first-order valence-corrected chi connectivity index (χ1v) is 5.89. The fraction of sp³-hybridized carbons (Fsp3) is 0.571. The van der Waals surface area contributed by atoms with Gasteiger partial charge in [0.15, 0.2) is 0 Å². The van der Waals surface area contributed by atoms with Crippen LogP contribution in [0, 0.1) is 5.41 Å². The van der Waals surface area contributed by atoms with Crippen molar-refractivity contribution in [1.82, 2.24) is 5.32 Å². The molecule has 0 bridgehead atoms. The van der Waals surface area contributed by atoms with Gasteiger partial charge in [-0.15, -0.1) is 0 Å². The van der Waals surface area contributed by atoms with Gasteiger partial charge in [-0.25, -0.2) is 0 Å². The maximum atomic E-state index is 9.32. The Morgan fingerprint density at radius 1 is 1.19 bits per heavy atom. The zero-order chi connectivity index (χ0) is 12.0. The van der Waals surface area contributed by atoms with Crippen LogP contribution in [-0.4, -0.2) is 24.3 Å². The first-order valence-electron chi connectivity index (χ1n) is 5.89. The van der Waals surface area contributed by atoms with Crippen molar-refractivity contribution in [3.63, 3.8) is 0 Å². The molecule has 2 N–H and O–H groups in total. The van der Waals surface area contributed by atoms with Crippen LogP contribution in [-0.2, 0) is 6.42 Å². The summed E-state index contributed by atoms with van der Waals surface area (Å²) in [6.45, 7) is 7.68. The van der Waals surface area contributed by atoms with E-state index in [0.717, 1.165) is 13.0 Å². The zero-order valence-corrected chi connectivity index (χ0v) is 10.5. The highest BCUT2D eigenvalue weighted by Gasteiger charge is 2.14. The average Bonchev–Trinajstić information content (AvgIpc) is 2.24. The van der Waals surface area contributed by atoms with Gasteiger partial charge in [-0.05, 0) is 17.4 Å². The maximum Gasteiger partial charge on any atom is 0.0587 e. The molecule has 16 heavy (non-hydrogen) atoms. The Bertz CT molecular complexity index is 289. The minimum atomic E-state index is 0.154. The Morgan fingerprint density at radius 2 is 1.81 bits per heavy atom. The van der Waals surface area contributed by atoms with E-state index in [1.165, 1.54) is 5.56 Å². The summed E-state index contributed by atoms with van der Waals surface area (Å²) in [5.74, 6) is 0. The molecule has 1 unspecified atom stereocenters. The summed E-state index contributed by atoms with van der Waals surface area (Å²) in [5, 5.41) is 12.7. The van der Waals surface area contributed by atoms with Gasteiger partial charge in [0.2, 0.25) is 0 Å². The summed E-state index contributed by atoms with van der Waals surface area (Å²) in [5.41, 5.74) is 1.52. The third kappa shape index (κ3) is 5.29. The standard InChI is InChI=1S/C14H23NO/c1-14(2,3)11-15-13(10-16)9-12-7-5-4-6-8-12/h4-8,13,15-16H,9-11H2,1-3H3. The van der Waals surface area contributed by atoms with E-state index in [9.17, 15) is 5.11 Å². The van der Waals surface area contributed by atoms with E-state index in [2.05, 4.69) is 38.2 Å². The van der Waals surface area contributed by atoms with Crippen molar-refractivity contribution in [3.8, 4) is 0 Å². The molecule has 0 heterocycles. The number of aliphatic hydroxyl groups excluding tert-OH is 1. The normalized spacial score (nSPS) is 13.8. The summed E-state index contributed by atoms with van der Waals surface area (Å²) in [7, 11) is 0. The summed E-state index contributed by atoms with van der Waals surface area (Å²) in [6, 6.07) is 10.4. The molecule has 1 atom stereocenters. The van der Waals surface area contributed by atoms with Crippen molar-refractivity contribution in [3.05, 3.63) is 35.9 Å². The SMILES string of the molecule is CC(C)(C)CNC(CO)Cc1ccccc1. The molecule has 0 aliphatic rings. The summed E-state index contributed by atoms with van der Waals surface area (Å²) >= 11 is 0. The van der Waals surface area contributed by atoms with E-state index in [1.54, 1.807) is 0 Å². The molecular formula is C14H23NO. The van der Waals surface area contributed by atoms with Crippen LogP contribution in [0.4, 0.5) is 0 Å². The Balaban J connectivity index is 2.44. The van der Waals surface area contributed by atoms with Gasteiger partial charge in [0.05, 0.1) is 6.61 Å². The Morgan fingerprint density at radius 3 is 2.31 bits per heavy atom. The minimum Gasteiger partial charge on any atom is -0.395 e. The Labute approximate surface area is 98.7 Å². The molecule has 90 valence electrons. The second-order valence-electron chi connectivity index (χ2n) is 5.51. The lowest BCUT2D eigenvalue weighted by atomic mass is 9.96. The number of nitrogens with one attached hydrogen (secondary N) is 1. The smallest absolute Gasteiger partial charge is 0.0587 e. The Hall–Kier alpha value is -0.860. The second kappa shape index (κ2) is 6.02. The highest BCUT2D eigenvalue weighted by Crippen LogP contribution is 2.11. The second-order valence-corrected chi connectivity index (χ2v) is 5.51. The van der Waals surface area contributed by atoms with Crippen LogP contribution in [0.15, 0.2) is 30.3 Å². The quantitative estimate of drug-likeness (QED) is 0.799. The lowest BCUT2D eigenvalue weighted by Gasteiger charge is -2.23. The van der Waals surface area contributed by atoms with Crippen LogP contribution in [0.3, 0.4) is 0 Å². The molecule has 0 amide bonds.